The molecule has 166 valence electrons. The Morgan fingerprint density at radius 1 is 1.29 bits per heavy atom. The zero-order valence-electron chi connectivity index (χ0n) is 17.5. The second kappa shape index (κ2) is 9.10. The lowest BCUT2D eigenvalue weighted by Gasteiger charge is -2.27. The first-order chi connectivity index (χ1) is 15.0. The van der Waals surface area contributed by atoms with Crippen LogP contribution < -0.4 is 14.8 Å². The van der Waals surface area contributed by atoms with Crippen molar-refractivity contribution in [3.05, 3.63) is 51.3 Å². The Morgan fingerprint density at radius 3 is 2.65 bits per heavy atom. The average Bonchev–Trinajstić information content (AvgIpc) is 3.40. The van der Waals surface area contributed by atoms with Crippen molar-refractivity contribution in [3.8, 4) is 11.5 Å². The van der Waals surface area contributed by atoms with Crippen molar-refractivity contribution in [2.45, 2.75) is 43.7 Å². The van der Waals surface area contributed by atoms with Crippen LogP contribution in [0.3, 0.4) is 0 Å². The summed E-state index contributed by atoms with van der Waals surface area (Å²) in [5, 5.41) is 11.7. The summed E-state index contributed by atoms with van der Waals surface area (Å²) in [7, 11) is 3.15. The summed E-state index contributed by atoms with van der Waals surface area (Å²) in [4.78, 5) is 11.8. The summed E-state index contributed by atoms with van der Waals surface area (Å²) in [5.74, 6) is 0.930. The summed E-state index contributed by atoms with van der Waals surface area (Å²) in [6.45, 7) is 4.08. The topological polar surface area (TPSA) is 85.5 Å². The molecule has 2 aliphatic rings. The zero-order valence-corrected chi connectivity index (χ0v) is 19.0. The number of fused-ring (bicyclic) bond motifs is 1. The molecule has 0 radical (unpaired) electrons. The SMILES string of the molecule is C=CC(=O)NC1OCCC1c1n[nH]c2c1CCC(c1c(Cl)c(OC)cc(OC)c1Cl)C2. The normalized spacial score (nSPS) is 22.6. The quantitative estimate of drug-likeness (QED) is 0.626. The number of benzene rings is 1. The molecule has 9 heteroatoms. The number of amides is 1. The maximum Gasteiger partial charge on any atom is 0.245 e. The van der Waals surface area contributed by atoms with E-state index in [9.17, 15) is 4.79 Å². The number of hydrogen-bond donors (Lipinski definition) is 2. The predicted molar refractivity (Wildman–Crippen MR) is 118 cm³/mol. The van der Waals surface area contributed by atoms with Crippen LogP contribution in [0.25, 0.3) is 0 Å². The van der Waals surface area contributed by atoms with Crippen molar-refractivity contribution in [1.82, 2.24) is 15.5 Å². The number of hydrogen-bond acceptors (Lipinski definition) is 5. The molecular weight excluding hydrogens is 441 g/mol. The molecule has 0 bridgehead atoms. The third-order valence-electron chi connectivity index (χ3n) is 6.11. The van der Waals surface area contributed by atoms with Crippen LogP contribution in [0.4, 0.5) is 0 Å². The fraction of sp³-hybridized carbons (Fsp3) is 0.455. The van der Waals surface area contributed by atoms with Gasteiger partial charge in [0.15, 0.2) is 0 Å². The standard InChI is InChI=1S/C22H25Cl2N3O4/c1-4-17(28)25-22-13(7-8-31-22)21-12-6-5-11(9-14(12)26-27-21)18-19(23)15(29-2)10-16(30-3)20(18)24/h4,10-11,13,22H,1,5-9H2,2-3H3,(H,25,28)(H,26,27). The van der Waals surface area contributed by atoms with E-state index < -0.39 is 6.23 Å². The average molecular weight is 466 g/mol. The molecule has 2 N–H and O–H groups in total. The van der Waals surface area contributed by atoms with Crippen molar-refractivity contribution >= 4 is 29.1 Å². The first-order valence-electron chi connectivity index (χ1n) is 10.2. The van der Waals surface area contributed by atoms with E-state index in [1.54, 1.807) is 20.3 Å². The maximum absolute atomic E-state index is 11.8. The van der Waals surface area contributed by atoms with Crippen molar-refractivity contribution in [2.24, 2.45) is 0 Å². The lowest BCUT2D eigenvalue weighted by atomic mass is 9.80. The van der Waals surface area contributed by atoms with Crippen LogP contribution in [-0.4, -0.2) is 43.2 Å². The molecule has 1 saturated heterocycles. The Morgan fingerprint density at radius 2 is 2.00 bits per heavy atom. The highest BCUT2D eigenvalue weighted by molar-refractivity contribution is 6.38. The summed E-state index contributed by atoms with van der Waals surface area (Å²) >= 11 is 13.3. The highest BCUT2D eigenvalue weighted by atomic mass is 35.5. The molecule has 1 amide bonds. The van der Waals surface area contributed by atoms with E-state index in [0.29, 0.717) is 28.2 Å². The monoisotopic (exact) mass is 465 g/mol. The van der Waals surface area contributed by atoms with Crippen molar-refractivity contribution in [3.63, 3.8) is 0 Å². The van der Waals surface area contributed by atoms with Gasteiger partial charge in [-0.25, -0.2) is 0 Å². The van der Waals surface area contributed by atoms with Gasteiger partial charge in [0.2, 0.25) is 5.91 Å². The number of nitrogens with one attached hydrogen (secondary N) is 2. The minimum atomic E-state index is -0.401. The third kappa shape index (κ3) is 4.02. The van der Waals surface area contributed by atoms with Gasteiger partial charge in [-0.1, -0.05) is 29.8 Å². The van der Waals surface area contributed by atoms with Crippen molar-refractivity contribution in [2.75, 3.05) is 20.8 Å². The summed E-state index contributed by atoms with van der Waals surface area (Å²) < 4.78 is 16.6. The number of nitrogens with zero attached hydrogens (tertiary/aromatic N) is 1. The highest BCUT2D eigenvalue weighted by Gasteiger charge is 2.37. The molecule has 1 aliphatic carbocycles. The molecular formula is C22H25Cl2N3O4. The van der Waals surface area contributed by atoms with E-state index in [1.165, 1.54) is 11.6 Å². The van der Waals surface area contributed by atoms with Gasteiger partial charge in [0.25, 0.3) is 0 Å². The Hall–Kier alpha value is -2.22. The molecule has 0 saturated carbocycles. The zero-order chi connectivity index (χ0) is 22.1. The number of carbonyl (C=O) groups is 1. The van der Waals surface area contributed by atoms with E-state index in [0.717, 1.165) is 42.6 Å². The number of aromatic nitrogens is 2. The van der Waals surface area contributed by atoms with Crippen molar-refractivity contribution in [1.29, 1.82) is 0 Å². The molecule has 1 aliphatic heterocycles. The number of rotatable bonds is 6. The van der Waals surface area contributed by atoms with Gasteiger partial charge in [-0.15, -0.1) is 0 Å². The van der Waals surface area contributed by atoms with E-state index >= 15 is 0 Å². The van der Waals surface area contributed by atoms with Gasteiger partial charge in [-0.2, -0.15) is 5.10 Å². The summed E-state index contributed by atoms with van der Waals surface area (Å²) in [5.41, 5.74) is 4.04. The van der Waals surface area contributed by atoms with Crippen LogP contribution >= 0.6 is 23.2 Å². The van der Waals surface area contributed by atoms with E-state index in [4.69, 9.17) is 37.4 Å². The van der Waals surface area contributed by atoms with E-state index in [2.05, 4.69) is 22.1 Å². The summed E-state index contributed by atoms with van der Waals surface area (Å²) in [6.07, 6.45) is 4.04. The highest BCUT2D eigenvalue weighted by Crippen LogP contribution is 2.48. The van der Waals surface area contributed by atoms with E-state index in [1.807, 2.05) is 0 Å². The first kappa shape index (κ1) is 22.0. The molecule has 4 rings (SSSR count). The third-order valence-corrected chi connectivity index (χ3v) is 6.89. The van der Waals surface area contributed by atoms with Crippen LogP contribution in [0.5, 0.6) is 11.5 Å². The first-order valence-corrected chi connectivity index (χ1v) is 10.9. The Kier molecular flexibility index (Phi) is 6.46. The minimum Gasteiger partial charge on any atom is -0.495 e. The molecule has 2 aromatic rings. The molecule has 31 heavy (non-hydrogen) atoms. The minimum absolute atomic E-state index is 0.00420. The molecule has 3 unspecified atom stereocenters. The van der Waals surface area contributed by atoms with Crippen molar-refractivity contribution < 1.29 is 19.0 Å². The maximum atomic E-state index is 11.8. The fourth-order valence-electron chi connectivity index (χ4n) is 4.56. The molecule has 1 aromatic carbocycles. The number of H-pyrrole nitrogens is 1. The van der Waals surface area contributed by atoms with Crippen LogP contribution in [0, 0.1) is 0 Å². The van der Waals surface area contributed by atoms with Gasteiger partial charge in [-0.3, -0.25) is 9.89 Å². The Bertz CT molecular complexity index is 979. The van der Waals surface area contributed by atoms with Crippen LogP contribution in [0.1, 0.15) is 47.2 Å². The molecule has 7 nitrogen and oxygen atoms in total. The number of halogens is 2. The largest absolute Gasteiger partial charge is 0.495 e. The van der Waals surface area contributed by atoms with Gasteiger partial charge in [0, 0.05) is 17.3 Å². The molecule has 1 fully saturated rings. The summed E-state index contributed by atoms with van der Waals surface area (Å²) in [6, 6.07) is 1.70. The lowest BCUT2D eigenvalue weighted by molar-refractivity contribution is -0.119. The van der Waals surface area contributed by atoms with E-state index in [-0.39, 0.29) is 17.7 Å². The molecule has 3 atom stereocenters. The second-order valence-electron chi connectivity index (χ2n) is 7.73. The van der Waals surface area contributed by atoms with Gasteiger partial charge in [0.05, 0.1) is 42.5 Å². The Balaban J connectivity index is 1.61. The fourth-order valence-corrected chi connectivity index (χ4v) is 5.37. The Labute approximate surface area is 191 Å². The lowest BCUT2D eigenvalue weighted by Crippen LogP contribution is -2.37. The molecule has 2 heterocycles. The van der Waals surface area contributed by atoms with Gasteiger partial charge in [0.1, 0.15) is 17.7 Å². The van der Waals surface area contributed by atoms with Crippen LogP contribution in [0.2, 0.25) is 10.0 Å². The van der Waals surface area contributed by atoms with Gasteiger partial charge >= 0.3 is 0 Å². The van der Waals surface area contributed by atoms with Gasteiger partial charge in [-0.05, 0) is 43.2 Å². The predicted octanol–water partition coefficient (Wildman–Crippen LogP) is 4.14. The smallest absolute Gasteiger partial charge is 0.245 e. The number of aromatic amines is 1. The van der Waals surface area contributed by atoms with Crippen LogP contribution in [0.15, 0.2) is 18.7 Å². The second-order valence-corrected chi connectivity index (χ2v) is 8.48. The molecule has 0 spiro atoms. The van der Waals surface area contributed by atoms with Crippen LogP contribution in [-0.2, 0) is 22.4 Å². The number of carbonyl (C=O) groups excluding carboxylic acids is 1. The van der Waals surface area contributed by atoms with Gasteiger partial charge < -0.3 is 19.5 Å². The molecule has 1 aromatic heterocycles. The number of methoxy groups -OCH3 is 2. The number of ether oxygens (including phenoxy) is 3.